The standard InChI is InChI=1S/C53H32N4S/c1-8-22-42-34(15-1)35-16-2-9-23-43(35)55(42)48-30-29-41-40-21-7-14-28-49(40)58-53(41)52(48)33-31-50(56-44-24-10-3-17-36(44)37-18-4-11-25-45(37)56)54-51(32-33)57-46-26-12-5-19-38(46)39-20-6-13-27-47(39)57/h1-32H. The second-order valence-corrected chi connectivity index (χ2v) is 16.2. The number of rotatable bonds is 4. The van der Waals surface area contributed by atoms with Crippen LogP contribution >= 0.6 is 11.3 Å². The molecule has 0 amide bonds. The Labute approximate surface area is 336 Å². The van der Waals surface area contributed by atoms with E-state index in [1.807, 2.05) is 11.3 Å². The molecule has 0 fully saturated rings. The van der Waals surface area contributed by atoms with Crippen LogP contribution in [-0.4, -0.2) is 18.7 Å². The number of hydrogen-bond acceptors (Lipinski definition) is 2. The molecule has 0 aliphatic carbocycles. The van der Waals surface area contributed by atoms with Gasteiger partial charge in [-0.1, -0.05) is 133 Å². The zero-order chi connectivity index (χ0) is 37.9. The molecule has 0 spiro atoms. The van der Waals surface area contributed by atoms with E-state index in [0.29, 0.717) is 0 Å². The molecule has 5 heterocycles. The maximum Gasteiger partial charge on any atom is 0.140 e. The molecule has 0 aliphatic heterocycles. The predicted octanol–water partition coefficient (Wildman–Crippen LogP) is 14.4. The summed E-state index contributed by atoms with van der Waals surface area (Å²) in [5.74, 6) is 1.75. The van der Waals surface area contributed by atoms with Gasteiger partial charge in [-0.05, 0) is 66.2 Å². The average molecular weight is 757 g/mol. The van der Waals surface area contributed by atoms with E-state index >= 15 is 0 Å². The molecule has 0 atom stereocenters. The van der Waals surface area contributed by atoms with Crippen LogP contribution in [0.5, 0.6) is 0 Å². The summed E-state index contributed by atoms with van der Waals surface area (Å²) in [4.78, 5) is 5.68. The van der Waals surface area contributed by atoms with Crippen molar-refractivity contribution in [2.24, 2.45) is 0 Å². The van der Waals surface area contributed by atoms with Crippen LogP contribution in [0.25, 0.3) is 114 Å². The number of para-hydroxylation sites is 6. The number of aromatic nitrogens is 4. The van der Waals surface area contributed by atoms with Crippen LogP contribution in [0.2, 0.25) is 0 Å². The van der Waals surface area contributed by atoms with Crippen LogP contribution in [0.3, 0.4) is 0 Å². The molecule has 0 aliphatic rings. The summed E-state index contributed by atoms with van der Waals surface area (Å²) < 4.78 is 9.73. The topological polar surface area (TPSA) is 27.7 Å². The first-order valence-corrected chi connectivity index (χ1v) is 20.5. The van der Waals surface area contributed by atoms with Crippen LogP contribution in [0.4, 0.5) is 0 Å². The number of pyridine rings is 1. The fraction of sp³-hybridized carbons (Fsp3) is 0. The van der Waals surface area contributed by atoms with E-state index < -0.39 is 0 Å². The fourth-order valence-electron chi connectivity index (χ4n) is 9.64. The van der Waals surface area contributed by atoms with Crippen LogP contribution in [0.15, 0.2) is 194 Å². The van der Waals surface area contributed by atoms with E-state index in [1.54, 1.807) is 0 Å². The van der Waals surface area contributed by atoms with E-state index in [9.17, 15) is 0 Å². The molecule has 58 heavy (non-hydrogen) atoms. The van der Waals surface area contributed by atoms with Crippen molar-refractivity contribution in [1.29, 1.82) is 0 Å². The summed E-state index contributed by atoms with van der Waals surface area (Å²) in [6, 6.07) is 70.6. The Bertz CT molecular complexity index is 3530. The van der Waals surface area contributed by atoms with Crippen molar-refractivity contribution < 1.29 is 0 Å². The van der Waals surface area contributed by atoms with Gasteiger partial charge < -0.3 is 4.57 Å². The van der Waals surface area contributed by atoms with Gasteiger partial charge in [0, 0.05) is 58.1 Å². The monoisotopic (exact) mass is 756 g/mol. The predicted molar refractivity (Wildman–Crippen MR) is 246 cm³/mol. The molecule has 270 valence electrons. The van der Waals surface area contributed by atoms with Crippen LogP contribution in [-0.2, 0) is 0 Å². The van der Waals surface area contributed by atoms with Gasteiger partial charge in [0.1, 0.15) is 11.6 Å². The average Bonchev–Trinajstić information content (AvgIpc) is 4.02. The van der Waals surface area contributed by atoms with Gasteiger partial charge in [0.15, 0.2) is 0 Å². The van der Waals surface area contributed by atoms with Crippen molar-refractivity contribution >= 4 is 96.9 Å². The summed E-state index contributed by atoms with van der Waals surface area (Å²) in [5, 5.41) is 9.86. The second-order valence-electron chi connectivity index (χ2n) is 15.1. The van der Waals surface area contributed by atoms with E-state index in [2.05, 4.69) is 208 Å². The minimum atomic E-state index is 0.873. The lowest BCUT2D eigenvalue weighted by molar-refractivity contribution is 1.01. The van der Waals surface area contributed by atoms with Gasteiger partial charge in [-0.3, -0.25) is 9.13 Å². The zero-order valence-electron chi connectivity index (χ0n) is 31.2. The highest BCUT2D eigenvalue weighted by atomic mass is 32.1. The molecular formula is C53H32N4S. The molecule has 0 bridgehead atoms. The van der Waals surface area contributed by atoms with E-state index in [4.69, 9.17) is 4.98 Å². The van der Waals surface area contributed by atoms with Crippen molar-refractivity contribution in [3.63, 3.8) is 0 Å². The van der Waals surface area contributed by atoms with Crippen molar-refractivity contribution in [3.8, 4) is 28.5 Å². The molecule has 0 N–H and O–H groups in total. The van der Waals surface area contributed by atoms with Gasteiger partial charge in [0.2, 0.25) is 0 Å². The molecule has 5 heteroatoms. The minimum absolute atomic E-state index is 0.873. The minimum Gasteiger partial charge on any atom is -0.309 e. The highest BCUT2D eigenvalue weighted by Crippen LogP contribution is 2.46. The van der Waals surface area contributed by atoms with Crippen LogP contribution in [0, 0.1) is 0 Å². The molecule has 0 saturated carbocycles. The molecule has 0 radical (unpaired) electrons. The summed E-state index contributed by atoms with van der Waals surface area (Å²) in [6.07, 6.45) is 0. The quantitative estimate of drug-likeness (QED) is 0.176. The Morgan fingerprint density at radius 2 is 0.690 bits per heavy atom. The Kier molecular flexibility index (Phi) is 6.57. The Balaban J connectivity index is 1.22. The van der Waals surface area contributed by atoms with E-state index in [-0.39, 0.29) is 0 Å². The van der Waals surface area contributed by atoms with Crippen molar-refractivity contribution in [1.82, 2.24) is 18.7 Å². The molecule has 0 saturated heterocycles. The first kappa shape index (κ1) is 31.7. The van der Waals surface area contributed by atoms with E-state index in [1.165, 1.54) is 69.1 Å². The van der Waals surface area contributed by atoms with Gasteiger partial charge in [-0.2, -0.15) is 0 Å². The van der Waals surface area contributed by atoms with Gasteiger partial charge in [0.25, 0.3) is 0 Å². The molecule has 4 nitrogen and oxygen atoms in total. The summed E-state index contributed by atoms with van der Waals surface area (Å²) in [5.41, 5.74) is 10.3. The number of nitrogens with zero attached hydrogens (tertiary/aromatic N) is 4. The maximum atomic E-state index is 5.68. The van der Waals surface area contributed by atoms with Crippen molar-refractivity contribution in [2.45, 2.75) is 0 Å². The second kappa shape index (κ2) is 12.0. The number of thiophene rings is 1. The number of hydrogen-bond donors (Lipinski definition) is 0. The van der Waals surface area contributed by atoms with Crippen molar-refractivity contribution in [2.75, 3.05) is 0 Å². The number of benzene rings is 8. The smallest absolute Gasteiger partial charge is 0.140 e. The van der Waals surface area contributed by atoms with E-state index in [0.717, 1.165) is 45.0 Å². The molecule has 0 unspecified atom stereocenters. The molecular weight excluding hydrogens is 725 g/mol. The molecule has 8 aromatic carbocycles. The third-order valence-electron chi connectivity index (χ3n) is 12.1. The van der Waals surface area contributed by atoms with Crippen LogP contribution in [0.1, 0.15) is 0 Å². The molecule has 5 aromatic heterocycles. The Morgan fingerprint density at radius 3 is 1.12 bits per heavy atom. The lowest BCUT2D eigenvalue weighted by Crippen LogP contribution is -2.05. The van der Waals surface area contributed by atoms with Gasteiger partial charge >= 0.3 is 0 Å². The Hall–Kier alpha value is -7.47. The third-order valence-corrected chi connectivity index (χ3v) is 13.3. The van der Waals surface area contributed by atoms with Gasteiger partial charge in [-0.25, -0.2) is 4.98 Å². The fourth-order valence-corrected chi connectivity index (χ4v) is 10.9. The largest absolute Gasteiger partial charge is 0.309 e. The number of fused-ring (bicyclic) bond motifs is 12. The van der Waals surface area contributed by atoms with Crippen molar-refractivity contribution in [3.05, 3.63) is 194 Å². The lowest BCUT2D eigenvalue weighted by atomic mass is 10.00. The maximum absolute atomic E-state index is 5.68. The molecule has 13 aromatic rings. The summed E-state index contributed by atoms with van der Waals surface area (Å²) >= 11 is 1.87. The third kappa shape index (κ3) is 4.36. The normalized spacial score (nSPS) is 12.1. The van der Waals surface area contributed by atoms with Gasteiger partial charge in [-0.15, -0.1) is 11.3 Å². The lowest BCUT2D eigenvalue weighted by Gasteiger charge is -2.18. The molecule has 13 rings (SSSR count). The first-order chi connectivity index (χ1) is 28.8. The van der Waals surface area contributed by atoms with Crippen LogP contribution < -0.4 is 0 Å². The summed E-state index contributed by atoms with van der Waals surface area (Å²) in [6.45, 7) is 0. The highest BCUT2D eigenvalue weighted by molar-refractivity contribution is 7.26. The highest BCUT2D eigenvalue weighted by Gasteiger charge is 2.23. The van der Waals surface area contributed by atoms with Gasteiger partial charge in [0.05, 0.1) is 38.8 Å². The zero-order valence-corrected chi connectivity index (χ0v) is 32.0. The summed E-state index contributed by atoms with van der Waals surface area (Å²) in [7, 11) is 0. The SMILES string of the molecule is c1ccc2c(c1)sc1c(-c3cc(-n4c5ccccc5c5ccccc54)nc(-n4c5ccccc5c5ccccc54)c3)c(-n3c4ccccc4c4ccccc43)ccc12. The first-order valence-electron chi connectivity index (χ1n) is 19.7. The Morgan fingerprint density at radius 1 is 0.328 bits per heavy atom.